The van der Waals surface area contributed by atoms with Crippen LogP contribution in [0.5, 0.6) is 0 Å². The predicted molar refractivity (Wildman–Crippen MR) is 73.3 cm³/mol. The van der Waals surface area contributed by atoms with E-state index in [1.807, 2.05) is 13.8 Å². The molecule has 18 heavy (non-hydrogen) atoms. The molecular formula is C15H28O3. The molecule has 1 aliphatic carbocycles. The van der Waals surface area contributed by atoms with Crippen molar-refractivity contribution in [3.8, 4) is 0 Å². The zero-order chi connectivity index (χ0) is 14.0. The van der Waals surface area contributed by atoms with E-state index in [1.165, 1.54) is 0 Å². The molecule has 3 heteroatoms. The summed E-state index contributed by atoms with van der Waals surface area (Å²) >= 11 is 0. The molecule has 106 valence electrons. The van der Waals surface area contributed by atoms with Gasteiger partial charge in [0.05, 0.1) is 12.5 Å². The second kappa shape index (κ2) is 10.1. The number of carbonyl (C=O) groups excluding carboxylic acids is 2. The van der Waals surface area contributed by atoms with Crippen molar-refractivity contribution in [2.45, 2.75) is 66.2 Å². The Kier molecular flexibility index (Phi) is 9.62. The SMILES string of the molecule is CC.CCCCOC(=O)C1CCCC(C(C)=O)C1. The van der Waals surface area contributed by atoms with Gasteiger partial charge in [0.15, 0.2) is 0 Å². The molecule has 1 fully saturated rings. The van der Waals surface area contributed by atoms with Crippen molar-refractivity contribution in [1.29, 1.82) is 0 Å². The van der Waals surface area contributed by atoms with Crippen LogP contribution in [0.25, 0.3) is 0 Å². The van der Waals surface area contributed by atoms with Gasteiger partial charge in [-0.05, 0) is 32.6 Å². The molecule has 1 rings (SSSR count). The maximum absolute atomic E-state index is 11.7. The van der Waals surface area contributed by atoms with E-state index in [9.17, 15) is 9.59 Å². The summed E-state index contributed by atoms with van der Waals surface area (Å²) in [6, 6.07) is 0. The van der Waals surface area contributed by atoms with Gasteiger partial charge in [-0.15, -0.1) is 0 Å². The van der Waals surface area contributed by atoms with Crippen LogP contribution in [0.4, 0.5) is 0 Å². The Labute approximate surface area is 111 Å². The van der Waals surface area contributed by atoms with Crippen LogP contribution in [0.1, 0.15) is 66.2 Å². The van der Waals surface area contributed by atoms with E-state index in [-0.39, 0.29) is 23.6 Å². The van der Waals surface area contributed by atoms with Crippen LogP contribution in [-0.2, 0) is 14.3 Å². The van der Waals surface area contributed by atoms with E-state index in [0.717, 1.165) is 32.1 Å². The lowest BCUT2D eigenvalue weighted by atomic mass is 9.80. The van der Waals surface area contributed by atoms with E-state index in [1.54, 1.807) is 6.92 Å². The highest BCUT2D eigenvalue weighted by molar-refractivity contribution is 5.80. The Bertz CT molecular complexity index is 248. The van der Waals surface area contributed by atoms with Gasteiger partial charge in [0.25, 0.3) is 0 Å². The van der Waals surface area contributed by atoms with Crippen LogP contribution in [-0.4, -0.2) is 18.4 Å². The Balaban J connectivity index is 0.00000137. The Morgan fingerprint density at radius 1 is 1.17 bits per heavy atom. The van der Waals surface area contributed by atoms with Crippen LogP contribution in [0.15, 0.2) is 0 Å². The number of unbranched alkanes of at least 4 members (excludes halogenated alkanes) is 1. The molecule has 0 aliphatic heterocycles. The molecule has 0 saturated heterocycles. The quantitative estimate of drug-likeness (QED) is 0.556. The van der Waals surface area contributed by atoms with Crippen LogP contribution >= 0.6 is 0 Å². The molecule has 0 aromatic carbocycles. The average Bonchev–Trinajstić information content (AvgIpc) is 2.41. The summed E-state index contributed by atoms with van der Waals surface area (Å²) in [5.74, 6) is 0.155. The highest BCUT2D eigenvalue weighted by atomic mass is 16.5. The van der Waals surface area contributed by atoms with Crippen molar-refractivity contribution in [2.24, 2.45) is 11.8 Å². The highest BCUT2D eigenvalue weighted by Gasteiger charge is 2.30. The fourth-order valence-electron chi connectivity index (χ4n) is 2.21. The lowest BCUT2D eigenvalue weighted by Gasteiger charge is -2.26. The van der Waals surface area contributed by atoms with Crippen LogP contribution in [0, 0.1) is 11.8 Å². The monoisotopic (exact) mass is 256 g/mol. The summed E-state index contributed by atoms with van der Waals surface area (Å²) in [4.78, 5) is 23.0. The van der Waals surface area contributed by atoms with Crippen molar-refractivity contribution in [3.63, 3.8) is 0 Å². The number of ketones is 1. The first-order valence-corrected chi connectivity index (χ1v) is 7.32. The number of ether oxygens (including phenoxy) is 1. The van der Waals surface area contributed by atoms with Gasteiger partial charge in [0.2, 0.25) is 0 Å². The van der Waals surface area contributed by atoms with Crippen LogP contribution in [0.2, 0.25) is 0 Å². The number of hydrogen-bond donors (Lipinski definition) is 0. The summed E-state index contributed by atoms with van der Waals surface area (Å²) in [5, 5.41) is 0. The minimum Gasteiger partial charge on any atom is -0.465 e. The molecule has 2 atom stereocenters. The molecular weight excluding hydrogens is 228 g/mol. The van der Waals surface area contributed by atoms with E-state index in [4.69, 9.17) is 4.74 Å². The number of Topliss-reactive ketones (excluding diaryl/α,β-unsaturated/α-hetero) is 1. The molecule has 0 spiro atoms. The molecule has 0 radical (unpaired) electrons. The topological polar surface area (TPSA) is 43.4 Å². The highest BCUT2D eigenvalue weighted by Crippen LogP contribution is 2.30. The fourth-order valence-corrected chi connectivity index (χ4v) is 2.21. The van der Waals surface area contributed by atoms with Crippen molar-refractivity contribution in [2.75, 3.05) is 6.61 Å². The van der Waals surface area contributed by atoms with Gasteiger partial charge >= 0.3 is 5.97 Å². The molecule has 0 amide bonds. The van der Waals surface area contributed by atoms with Gasteiger partial charge in [0.1, 0.15) is 5.78 Å². The molecule has 1 saturated carbocycles. The minimum atomic E-state index is -0.0978. The lowest BCUT2D eigenvalue weighted by molar-refractivity contribution is -0.150. The number of rotatable bonds is 5. The molecule has 3 nitrogen and oxygen atoms in total. The van der Waals surface area contributed by atoms with Crippen molar-refractivity contribution < 1.29 is 14.3 Å². The zero-order valence-electron chi connectivity index (χ0n) is 12.3. The van der Waals surface area contributed by atoms with Crippen molar-refractivity contribution in [1.82, 2.24) is 0 Å². The van der Waals surface area contributed by atoms with Crippen molar-refractivity contribution in [3.05, 3.63) is 0 Å². The standard InChI is InChI=1S/C13H22O3.C2H6/c1-3-4-8-16-13(15)12-7-5-6-11(9-12)10(2)14;1-2/h11-12H,3-9H2,1-2H3;1-2H3. The smallest absolute Gasteiger partial charge is 0.308 e. The Morgan fingerprint density at radius 2 is 1.78 bits per heavy atom. The molecule has 0 N–H and O–H groups in total. The third-order valence-corrected chi connectivity index (χ3v) is 3.32. The number of carbonyl (C=O) groups is 2. The van der Waals surface area contributed by atoms with E-state index >= 15 is 0 Å². The molecule has 1 aliphatic rings. The third kappa shape index (κ3) is 6.18. The van der Waals surface area contributed by atoms with Gasteiger partial charge in [0, 0.05) is 5.92 Å². The summed E-state index contributed by atoms with van der Waals surface area (Å²) < 4.78 is 5.20. The van der Waals surface area contributed by atoms with E-state index in [0.29, 0.717) is 13.0 Å². The molecule has 0 heterocycles. The second-order valence-corrected chi connectivity index (χ2v) is 4.69. The fraction of sp³-hybridized carbons (Fsp3) is 0.867. The summed E-state index contributed by atoms with van der Waals surface area (Å²) in [7, 11) is 0. The summed E-state index contributed by atoms with van der Waals surface area (Å²) in [6.07, 6.45) is 5.45. The number of hydrogen-bond acceptors (Lipinski definition) is 3. The minimum absolute atomic E-state index is 0.0421. The van der Waals surface area contributed by atoms with Crippen molar-refractivity contribution >= 4 is 11.8 Å². The molecule has 2 unspecified atom stereocenters. The molecule has 0 bridgehead atoms. The summed E-state index contributed by atoms with van der Waals surface area (Å²) in [5.41, 5.74) is 0. The van der Waals surface area contributed by atoms with E-state index in [2.05, 4.69) is 6.92 Å². The van der Waals surface area contributed by atoms with E-state index < -0.39 is 0 Å². The second-order valence-electron chi connectivity index (χ2n) is 4.69. The Hall–Kier alpha value is -0.860. The summed E-state index contributed by atoms with van der Waals surface area (Å²) in [6.45, 7) is 8.21. The van der Waals surface area contributed by atoms with Gasteiger partial charge in [-0.2, -0.15) is 0 Å². The first-order valence-electron chi connectivity index (χ1n) is 7.32. The van der Waals surface area contributed by atoms with Gasteiger partial charge in [-0.1, -0.05) is 33.6 Å². The van der Waals surface area contributed by atoms with Crippen LogP contribution in [0.3, 0.4) is 0 Å². The lowest BCUT2D eigenvalue weighted by Crippen LogP contribution is -2.27. The maximum Gasteiger partial charge on any atom is 0.308 e. The molecule has 0 aromatic rings. The molecule has 0 aromatic heterocycles. The van der Waals surface area contributed by atoms with Gasteiger partial charge < -0.3 is 4.74 Å². The zero-order valence-corrected chi connectivity index (χ0v) is 12.3. The number of esters is 1. The first kappa shape index (κ1) is 17.1. The van der Waals surface area contributed by atoms with Gasteiger partial charge in [-0.3, -0.25) is 9.59 Å². The van der Waals surface area contributed by atoms with Crippen LogP contribution < -0.4 is 0 Å². The first-order chi connectivity index (χ1) is 8.65. The largest absolute Gasteiger partial charge is 0.465 e. The average molecular weight is 256 g/mol. The third-order valence-electron chi connectivity index (χ3n) is 3.32. The normalized spacial score (nSPS) is 22.7. The van der Waals surface area contributed by atoms with Gasteiger partial charge in [-0.25, -0.2) is 0 Å². The Morgan fingerprint density at radius 3 is 2.33 bits per heavy atom. The predicted octanol–water partition coefficient (Wildman–Crippen LogP) is 3.75. The maximum atomic E-state index is 11.7.